The standard InChI is InChI=1S/C23H29N3O2/c27-22(16-24-11-10-20-8-4-5-9-21(20)15-24)17-26-13-12-25(18-23(26)28)14-19-6-2-1-3-7-19/h1-9,22,27H,10-18H2. The van der Waals surface area contributed by atoms with Gasteiger partial charge in [-0.25, -0.2) is 0 Å². The Morgan fingerprint density at radius 1 is 0.821 bits per heavy atom. The lowest BCUT2D eigenvalue weighted by Crippen LogP contribution is -2.53. The minimum absolute atomic E-state index is 0.116. The molecule has 1 fully saturated rings. The highest BCUT2D eigenvalue weighted by Gasteiger charge is 2.26. The van der Waals surface area contributed by atoms with E-state index < -0.39 is 6.10 Å². The van der Waals surface area contributed by atoms with E-state index in [0.29, 0.717) is 26.2 Å². The molecule has 0 aliphatic carbocycles. The van der Waals surface area contributed by atoms with Crippen molar-refractivity contribution in [3.05, 3.63) is 71.3 Å². The van der Waals surface area contributed by atoms with E-state index in [1.165, 1.54) is 16.7 Å². The third-order valence-electron chi connectivity index (χ3n) is 5.76. The predicted molar refractivity (Wildman–Crippen MR) is 110 cm³/mol. The summed E-state index contributed by atoms with van der Waals surface area (Å²) in [7, 11) is 0. The number of carbonyl (C=O) groups excluding carboxylic acids is 1. The first-order chi connectivity index (χ1) is 13.7. The Bertz CT molecular complexity index is 795. The molecule has 2 aliphatic heterocycles. The van der Waals surface area contributed by atoms with Crippen LogP contribution >= 0.6 is 0 Å². The summed E-state index contributed by atoms with van der Waals surface area (Å²) in [5.41, 5.74) is 4.00. The lowest BCUT2D eigenvalue weighted by Gasteiger charge is -2.36. The summed E-state index contributed by atoms with van der Waals surface area (Å²) >= 11 is 0. The number of aliphatic hydroxyl groups excluding tert-OH is 1. The Labute approximate surface area is 167 Å². The molecule has 0 aromatic heterocycles. The van der Waals surface area contributed by atoms with Gasteiger partial charge in [0, 0.05) is 45.8 Å². The fraction of sp³-hybridized carbons (Fsp3) is 0.435. The molecule has 1 N–H and O–H groups in total. The van der Waals surface area contributed by atoms with Gasteiger partial charge in [0.2, 0.25) is 5.91 Å². The zero-order chi connectivity index (χ0) is 19.3. The summed E-state index contributed by atoms with van der Waals surface area (Å²) < 4.78 is 0. The third-order valence-corrected chi connectivity index (χ3v) is 5.76. The van der Waals surface area contributed by atoms with Crippen molar-refractivity contribution < 1.29 is 9.90 Å². The number of β-amino-alcohol motifs (C(OH)–C–C–N with tert-alkyl or cyclic N) is 1. The SMILES string of the molecule is O=C1CN(Cc2ccccc2)CCN1CC(O)CN1CCc2ccccc2C1. The molecular formula is C23H29N3O2. The highest BCUT2D eigenvalue weighted by Crippen LogP contribution is 2.19. The second-order valence-corrected chi connectivity index (χ2v) is 7.94. The van der Waals surface area contributed by atoms with Crippen molar-refractivity contribution in [1.29, 1.82) is 0 Å². The summed E-state index contributed by atoms with van der Waals surface area (Å²) in [6.07, 6.45) is 0.523. The number of rotatable bonds is 6. The van der Waals surface area contributed by atoms with Gasteiger partial charge in [0.15, 0.2) is 0 Å². The van der Waals surface area contributed by atoms with Gasteiger partial charge < -0.3 is 10.0 Å². The van der Waals surface area contributed by atoms with Crippen molar-refractivity contribution >= 4 is 5.91 Å². The van der Waals surface area contributed by atoms with Crippen LogP contribution in [0.2, 0.25) is 0 Å². The van der Waals surface area contributed by atoms with Crippen LogP contribution in [0.4, 0.5) is 0 Å². The first-order valence-corrected chi connectivity index (χ1v) is 10.2. The van der Waals surface area contributed by atoms with Crippen LogP contribution in [0.5, 0.6) is 0 Å². The number of nitrogens with zero attached hydrogens (tertiary/aromatic N) is 3. The van der Waals surface area contributed by atoms with Gasteiger partial charge in [-0.15, -0.1) is 0 Å². The van der Waals surface area contributed by atoms with Crippen molar-refractivity contribution in [2.24, 2.45) is 0 Å². The Kier molecular flexibility index (Phi) is 6.05. The molecule has 2 aromatic carbocycles. The first kappa shape index (κ1) is 19.1. The molecule has 5 nitrogen and oxygen atoms in total. The maximum atomic E-state index is 12.5. The smallest absolute Gasteiger partial charge is 0.236 e. The van der Waals surface area contributed by atoms with E-state index in [-0.39, 0.29) is 5.91 Å². The van der Waals surface area contributed by atoms with Crippen LogP contribution in [0.15, 0.2) is 54.6 Å². The van der Waals surface area contributed by atoms with Crippen molar-refractivity contribution in [3.63, 3.8) is 0 Å². The number of benzene rings is 2. The number of hydrogen-bond donors (Lipinski definition) is 1. The largest absolute Gasteiger partial charge is 0.390 e. The van der Waals surface area contributed by atoms with Crippen LogP contribution in [-0.2, 0) is 24.3 Å². The Balaban J connectivity index is 1.24. The number of carbonyl (C=O) groups is 1. The molecular weight excluding hydrogens is 350 g/mol. The normalized spacial score (nSPS) is 19.5. The van der Waals surface area contributed by atoms with E-state index >= 15 is 0 Å². The zero-order valence-corrected chi connectivity index (χ0v) is 16.3. The average molecular weight is 380 g/mol. The molecule has 1 amide bonds. The fourth-order valence-corrected chi connectivity index (χ4v) is 4.25. The van der Waals surface area contributed by atoms with Crippen LogP contribution < -0.4 is 0 Å². The number of aliphatic hydroxyl groups is 1. The van der Waals surface area contributed by atoms with Gasteiger partial charge in [-0.05, 0) is 23.1 Å². The molecule has 28 heavy (non-hydrogen) atoms. The zero-order valence-electron chi connectivity index (χ0n) is 16.3. The highest BCUT2D eigenvalue weighted by molar-refractivity contribution is 5.79. The molecule has 5 heteroatoms. The number of hydrogen-bond acceptors (Lipinski definition) is 4. The molecule has 1 saturated heterocycles. The number of piperazine rings is 1. The fourth-order valence-electron chi connectivity index (χ4n) is 4.25. The van der Waals surface area contributed by atoms with Gasteiger partial charge in [0.05, 0.1) is 12.6 Å². The monoisotopic (exact) mass is 379 g/mol. The van der Waals surface area contributed by atoms with Crippen LogP contribution in [0.1, 0.15) is 16.7 Å². The van der Waals surface area contributed by atoms with E-state index in [9.17, 15) is 9.90 Å². The van der Waals surface area contributed by atoms with Gasteiger partial charge in [-0.3, -0.25) is 14.6 Å². The van der Waals surface area contributed by atoms with E-state index in [2.05, 4.69) is 46.2 Å². The Hall–Kier alpha value is -2.21. The topological polar surface area (TPSA) is 47.0 Å². The number of amides is 1. The molecule has 0 spiro atoms. The molecule has 0 bridgehead atoms. The van der Waals surface area contributed by atoms with Crippen molar-refractivity contribution in [1.82, 2.24) is 14.7 Å². The summed E-state index contributed by atoms with van der Waals surface area (Å²) in [5, 5.41) is 10.6. The molecule has 2 aromatic rings. The minimum atomic E-state index is -0.505. The molecule has 1 atom stereocenters. The van der Waals surface area contributed by atoms with Gasteiger partial charge in [-0.1, -0.05) is 54.6 Å². The maximum Gasteiger partial charge on any atom is 0.236 e. The summed E-state index contributed by atoms with van der Waals surface area (Å²) in [5.74, 6) is 0.116. The molecule has 1 unspecified atom stereocenters. The Morgan fingerprint density at radius 2 is 1.57 bits per heavy atom. The van der Waals surface area contributed by atoms with Crippen LogP contribution in [0, 0.1) is 0 Å². The van der Waals surface area contributed by atoms with Crippen LogP contribution in [0.3, 0.4) is 0 Å². The van der Waals surface area contributed by atoms with E-state index in [4.69, 9.17) is 0 Å². The minimum Gasteiger partial charge on any atom is -0.390 e. The van der Waals surface area contributed by atoms with Crippen molar-refractivity contribution in [3.8, 4) is 0 Å². The number of fused-ring (bicyclic) bond motifs is 1. The first-order valence-electron chi connectivity index (χ1n) is 10.2. The molecule has 0 saturated carbocycles. The quantitative estimate of drug-likeness (QED) is 0.831. The molecule has 2 heterocycles. The molecule has 0 radical (unpaired) electrons. The summed E-state index contributed by atoms with van der Waals surface area (Å²) in [6, 6.07) is 18.8. The average Bonchev–Trinajstić information content (AvgIpc) is 2.71. The summed E-state index contributed by atoms with van der Waals surface area (Å²) in [4.78, 5) is 18.8. The van der Waals surface area contributed by atoms with E-state index in [1.54, 1.807) is 0 Å². The van der Waals surface area contributed by atoms with Gasteiger partial charge in [0.1, 0.15) is 0 Å². The Morgan fingerprint density at radius 3 is 2.36 bits per heavy atom. The molecule has 4 rings (SSSR count). The van der Waals surface area contributed by atoms with Crippen molar-refractivity contribution in [2.45, 2.75) is 25.6 Å². The predicted octanol–water partition coefficient (Wildman–Crippen LogP) is 1.75. The summed E-state index contributed by atoms with van der Waals surface area (Å²) in [6.45, 7) is 5.66. The van der Waals surface area contributed by atoms with Crippen molar-refractivity contribution in [2.75, 3.05) is 39.3 Å². The maximum absolute atomic E-state index is 12.5. The lowest BCUT2D eigenvalue weighted by atomic mass is 10.00. The third kappa shape index (κ3) is 4.79. The molecule has 148 valence electrons. The second-order valence-electron chi connectivity index (χ2n) is 7.94. The second kappa shape index (κ2) is 8.86. The molecule has 2 aliphatic rings. The van der Waals surface area contributed by atoms with Gasteiger partial charge >= 0.3 is 0 Å². The van der Waals surface area contributed by atoms with E-state index in [1.807, 2.05) is 23.1 Å². The van der Waals surface area contributed by atoms with Gasteiger partial charge in [-0.2, -0.15) is 0 Å². The lowest BCUT2D eigenvalue weighted by molar-refractivity contribution is -0.138. The highest BCUT2D eigenvalue weighted by atomic mass is 16.3. The van der Waals surface area contributed by atoms with Gasteiger partial charge in [0.25, 0.3) is 0 Å². The van der Waals surface area contributed by atoms with Crippen LogP contribution in [-0.4, -0.2) is 71.1 Å². The van der Waals surface area contributed by atoms with E-state index in [0.717, 1.165) is 32.6 Å². The van der Waals surface area contributed by atoms with Crippen LogP contribution in [0.25, 0.3) is 0 Å².